The van der Waals surface area contributed by atoms with E-state index in [1.165, 1.54) is 16.6 Å². The van der Waals surface area contributed by atoms with Gasteiger partial charge in [0.2, 0.25) is 5.91 Å². The molecule has 1 N–H and O–H groups in total. The van der Waals surface area contributed by atoms with E-state index in [-0.39, 0.29) is 11.7 Å². The lowest BCUT2D eigenvalue weighted by Gasteiger charge is -2.08. The average Bonchev–Trinajstić information content (AvgIpc) is 3.30. The molecule has 3 aromatic rings. The summed E-state index contributed by atoms with van der Waals surface area (Å²) in [7, 11) is 1.55. The van der Waals surface area contributed by atoms with Gasteiger partial charge in [0.05, 0.1) is 17.9 Å². The van der Waals surface area contributed by atoms with E-state index in [0.717, 1.165) is 18.1 Å². The topological polar surface area (TPSA) is 69.0 Å². The number of nitrogens with one attached hydrogen (secondary N) is 1. The van der Waals surface area contributed by atoms with Gasteiger partial charge in [-0.25, -0.2) is 0 Å². The molecule has 0 aliphatic rings. The molecule has 136 valence electrons. The lowest BCUT2D eigenvalue weighted by atomic mass is 10.3. The molecule has 1 aromatic carbocycles. The summed E-state index contributed by atoms with van der Waals surface area (Å²) in [6.07, 6.45) is 2.61. The zero-order valence-electron chi connectivity index (χ0n) is 14.0. The number of aryl methyl sites for hydroxylation is 2. The zero-order valence-corrected chi connectivity index (χ0v) is 16.4. The van der Waals surface area contributed by atoms with Crippen molar-refractivity contribution in [3.8, 4) is 5.75 Å². The number of carbonyl (C=O) groups is 1. The fourth-order valence-electron chi connectivity index (χ4n) is 2.27. The van der Waals surface area contributed by atoms with Crippen LogP contribution in [0.25, 0.3) is 0 Å². The van der Waals surface area contributed by atoms with Crippen molar-refractivity contribution in [2.75, 3.05) is 18.2 Å². The second kappa shape index (κ2) is 9.07. The number of benzene rings is 1. The maximum absolute atomic E-state index is 12.2. The van der Waals surface area contributed by atoms with Crippen LogP contribution in [0.5, 0.6) is 5.75 Å². The number of thioether (sulfide) groups is 1. The van der Waals surface area contributed by atoms with Gasteiger partial charge in [-0.05, 0) is 36.1 Å². The van der Waals surface area contributed by atoms with Crippen molar-refractivity contribution in [3.05, 3.63) is 51.9 Å². The highest BCUT2D eigenvalue weighted by molar-refractivity contribution is 7.99. The Morgan fingerprint density at radius 1 is 1.42 bits per heavy atom. The molecule has 1 amide bonds. The Kier molecular flexibility index (Phi) is 6.54. The summed E-state index contributed by atoms with van der Waals surface area (Å²) in [4.78, 5) is 13.5. The third-order valence-corrected chi connectivity index (χ3v) is 5.74. The average molecular weight is 409 g/mol. The Labute approximate surface area is 164 Å². The number of hydrogen-bond acceptors (Lipinski definition) is 6. The Balaban J connectivity index is 1.51. The number of carbonyl (C=O) groups excluding carboxylic acids is 1. The summed E-state index contributed by atoms with van der Waals surface area (Å²) < 4.78 is 7.06. The van der Waals surface area contributed by atoms with E-state index in [9.17, 15) is 4.79 Å². The monoisotopic (exact) mass is 408 g/mol. The maximum atomic E-state index is 12.2. The fourth-order valence-corrected chi connectivity index (χ4v) is 3.96. The van der Waals surface area contributed by atoms with Crippen molar-refractivity contribution in [3.63, 3.8) is 0 Å². The molecule has 0 atom stereocenters. The van der Waals surface area contributed by atoms with Gasteiger partial charge in [-0.3, -0.25) is 4.79 Å². The van der Waals surface area contributed by atoms with Crippen LogP contribution >= 0.6 is 34.7 Å². The number of anilines is 1. The second-order valence-corrected chi connectivity index (χ2v) is 7.70. The van der Waals surface area contributed by atoms with Gasteiger partial charge in [0.1, 0.15) is 12.1 Å². The Hall–Kier alpha value is -2.03. The maximum Gasteiger partial charge on any atom is 0.234 e. The van der Waals surface area contributed by atoms with Crippen LogP contribution in [0.4, 0.5) is 5.69 Å². The zero-order chi connectivity index (χ0) is 18.4. The van der Waals surface area contributed by atoms with Gasteiger partial charge in [0, 0.05) is 17.1 Å². The first kappa shape index (κ1) is 18.8. The van der Waals surface area contributed by atoms with Crippen LogP contribution in [-0.4, -0.2) is 33.5 Å². The van der Waals surface area contributed by atoms with Crippen molar-refractivity contribution in [2.45, 2.75) is 18.1 Å². The SMILES string of the molecule is COc1ccc(NC(=O)CSc2nncn2CCc2cccs2)cc1Cl. The highest BCUT2D eigenvalue weighted by atomic mass is 35.5. The van der Waals surface area contributed by atoms with Crippen molar-refractivity contribution >= 4 is 46.3 Å². The van der Waals surface area contributed by atoms with E-state index in [0.29, 0.717) is 16.5 Å². The third kappa shape index (κ3) is 5.00. The quantitative estimate of drug-likeness (QED) is 0.571. The number of methoxy groups -OCH3 is 1. The molecule has 26 heavy (non-hydrogen) atoms. The van der Waals surface area contributed by atoms with Gasteiger partial charge in [-0.1, -0.05) is 29.4 Å². The second-order valence-electron chi connectivity index (χ2n) is 5.32. The first-order chi connectivity index (χ1) is 12.7. The summed E-state index contributed by atoms with van der Waals surface area (Å²) in [5.41, 5.74) is 0.626. The highest BCUT2D eigenvalue weighted by Crippen LogP contribution is 2.27. The molecule has 6 nitrogen and oxygen atoms in total. The molecule has 0 unspecified atom stereocenters. The molecule has 0 bridgehead atoms. The van der Waals surface area contributed by atoms with Crippen LogP contribution in [0.2, 0.25) is 5.02 Å². The third-order valence-electron chi connectivity index (χ3n) is 3.53. The Morgan fingerprint density at radius 2 is 2.31 bits per heavy atom. The number of rotatable bonds is 8. The highest BCUT2D eigenvalue weighted by Gasteiger charge is 2.10. The van der Waals surface area contributed by atoms with Crippen LogP contribution in [-0.2, 0) is 17.8 Å². The molecule has 2 heterocycles. The molecule has 0 aliphatic heterocycles. The first-order valence-corrected chi connectivity index (χ1v) is 10.1. The smallest absolute Gasteiger partial charge is 0.234 e. The number of nitrogens with zero attached hydrogens (tertiary/aromatic N) is 3. The minimum absolute atomic E-state index is 0.135. The number of amides is 1. The fraction of sp³-hybridized carbons (Fsp3) is 0.235. The molecule has 0 saturated carbocycles. The van der Waals surface area contributed by atoms with Gasteiger partial charge >= 0.3 is 0 Å². The molecular weight excluding hydrogens is 392 g/mol. The number of hydrogen-bond donors (Lipinski definition) is 1. The predicted molar refractivity (Wildman–Crippen MR) is 105 cm³/mol. The largest absolute Gasteiger partial charge is 0.495 e. The summed E-state index contributed by atoms with van der Waals surface area (Å²) in [5.74, 6) is 0.670. The van der Waals surface area contributed by atoms with Crippen LogP contribution in [0.3, 0.4) is 0 Å². The molecule has 0 radical (unpaired) electrons. The van der Waals surface area contributed by atoms with Crippen LogP contribution in [0.1, 0.15) is 4.88 Å². The molecule has 2 aromatic heterocycles. The van der Waals surface area contributed by atoms with E-state index in [2.05, 4.69) is 27.0 Å². The van der Waals surface area contributed by atoms with Crippen LogP contribution < -0.4 is 10.1 Å². The van der Waals surface area contributed by atoms with E-state index in [1.807, 2.05) is 10.6 Å². The van der Waals surface area contributed by atoms with Gasteiger partial charge in [-0.15, -0.1) is 21.5 Å². The molecule has 0 spiro atoms. The summed E-state index contributed by atoms with van der Waals surface area (Å²) in [6, 6.07) is 9.27. The van der Waals surface area contributed by atoms with E-state index in [4.69, 9.17) is 16.3 Å². The molecule has 9 heteroatoms. The van der Waals surface area contributed by atoms with E-state index < -0.39 is 0 Å². The molecule has 0 aliphatic carbocycles. The summed E-state index contributed by atoms with van der Waals surface area (Å²) >= 11 is 9.15. The lowest BCUT2D eigenvalue weighted by Crippen LogP contribution is -2.14. The van der Waals surface area contributed by atoms with Crippen LogP contribution in [0, 0.1) is 0 Å². The molecular formula is C17H17ClN4O2S2. The first-order valence-electron chi connectivity index (χ1n) is 7.82. The minimum atomic E-state index is -0.135. The van der Waals surface area contributed by atoms with Crippen molar-refractivity contribution in [1.29, 1.82) is 0 Å². The van der Waals surface area contributed by atoms with E-state index in [1.54, 1.807) is 43.0 Å². The minimum Gasteiger partial charge on any atom is -0.495 e. The van der Waals surface area contributed by atoms with Crippen molar-refractivity contribution in [1.82, 2.24) is 14.8 Å². The van der Waals surface area contributed by atoms with Gasteiger partial charge < -0.3 is 14.6 Å². The molecule has 0 fully saturated rings. The number of ether oxygens (including phenoxy) is 1. The normalized spacial score (nSPS) is 10.7. The summed E-state index contributed by atoms with van der Waals surface area (Å²) in [5, 5.41) is 14.1. The number of aromatic nitrogens is 3. The van der Waals surface area contributed by atoms with Gasteiger partial charge in [-0.2, -0.15) is 0 Å². The predicted octanol–water partition coefficient (Wildman–Crippen LogP) is 3.98. The number of thiophene rings is 1. The van der Waals surface area contributed by atoms with Crippen molar-refractivity contribution in [2.24, 2.45) is 0 Å². The van der Waals surface area contributed by atoms with E-state index >= 15 is 0 Å². The number of halogens is 1. The summed E-state index contributed by atoms with van der Waals surface area (Å²) in [6.45, 7) is 0.783. The standard InChI is InChI=1S/C17H17ClN4O2S2/c1-24-15-5-4-12(9-14(15)18)20-16(23)10-26-17-21-19-11-22(17)7-6-13-3-2-8-25-13/h2-5,8-9,11H,6-7,10H2,1H3,(H,20,23). The van der Waals surface area contributed by atoms with Crippen LogP contribution in [0.15, 0.2) is 47.2 Å². The molecule has 0 saturated heterocycles. The van der Waals surface area contributed by atoms with Gasteiger partial charge in [0.15, 0.2) is 5.16 Å². The molecule has 3 rings (SSSR count). The van der Waals surface area contributed by atoms with Gasteiger partial charge in [0.25, 0.3) is 0 Å². The van der Waals surface area contributed by atoms with Crippen molar-refractivity contribution < 1.29 is 9.53 Å². The Morgan fingerprint density at radius 3 is 3.04 bits per heavy atom. The lowest BCUT2D eigenvalue weighted by molar-refractivity contribution is -0.113. The Bertz CT molecular complexity index is 868.